The van der Waals surface area contributed by atoms with Crippen LogP contribution in [0, 0.1) is 0 Å². The van der Waals surface area contributed by atoms with Crippen molar-refractivity contribution in [2.24, 2.45) is 0 Å². The lowest BCUT2D eigenvalue weighted by molar-refractivity contribution is -0.122. The summed E-state index contributed by atoms with van der Waals surface area (Å²) in [5.74, 6) is 0.769. The van der Waals surface area contributed by atoms with Gasteiger partial charge in [-0.15, -0.1) is 0 Å². The summed E-state index contributed by atoms with van der Waals surface area (Å²) in [7, 11) is 0. The van der Waals surface area contributed by atoms with Gasteiger partial charge in [0.15, 0.2) is 0 Å². The number of hydrogen-bond donors (Lipinski definition) is 1. The smallest absolute Gasteiger partial charge is 0.409 e. The van der Waals surface area contributed by atoms with Gasteiger partial charge in [-0.2, -0.15) is 0 Å². The van der Waals surface area contributed by atoms with E-state index in [9.17, 15) is 9.59 Å². The topological polar surface area (TPSA) is 67.9 Å². The zero-order valence-corrected chi connectivity index (χ0v) is 15.3. The Hall–Kier alpha value is -1.95. The van der Waals surface area contributed by atoms with E-state index in [1.54, 1.807) is 36.1 Å². The lowest BCUT2D eigenvalue weighted by Crippen LogP contribution is -2.46. The van der Waals surface area contributed by atoms with Crippen LogP contribution in [0.4, 0.5) is 4.79 Å². The molecule has 0 spiro atoms. The monoisotopic (exact) mass is 368 g/mol. The Labute approximate surface area is 153 Å². The molecule has 1 aromatic rings. The van der Waals surface area contributed by atoms with Crippen molar-refractivity contribution in [1.29, 1.82) is 0 Å². The average molecular weight is 369 g/mol. The van der Waals surface area contributed by atoms with Gasteiger partial charge in [0.2, 0.25) is 5.91 Å². The molecule has 6 nitrogen and oxygen atoms in total. The summed E-state index contributed by atoms with van der Waals surface area (Å²) in [4.78, 5) is 25.3. The Morgan fingerprint density at radius 3 is 2.56 bits per heavy atom. The van der Waals surface area contributed by atoms with E-state index in [0.717, 1.165) is 18.6 Å². The van der Waals surface area contributed by atoms with Gasteiger partial charge in [0.05, 0.1) is 13.2 Å². The van der Waals surface area contributed by atoms with Crippen LogP contribution < -0.4 is 10.1 Å². The second-order valence-corrected chi connectivity index (χ2v) is 6.37. The first kappa shape index (κ1) is 19.4. The van der Waals surface area contributed by atoms with E-state index in [-0.39, 0.29) is 18.0 Å². The van der Waals surface area contributed by atoms with Gasteiger partial charge in [-0.05, 0) is 50.5 Å². The minimum absolute atomic E-state index is 0.0225. The maximum atomic E-state index is 12.0. The predicted molar refractivity (Wildman–Crippen MR) is 95.9 cm³/mol. The molecule has 0 aromatic heterocycles. The largest absolute Gasteiger partial charge is 0.494 e. The second-order valence-electron chi connectivity index (χ2n) is 5.93. The van der Waals surface area contributed by atoms with Gasteiger partial charge in [-0.25, -0.2) is 4.79 Å². The van der Waals surface area contributed by atoms with Crippen LogP contribution in [0.15, 0.2) is 24.3 Å². The molecule has 7 heteroatoms. The minimum Gasteiger partial charge on any atom is -0.494 e. The van der Waals surface area contributed by atoms with E-state index in [1.807, 2.05) is 0 Å². The SMILES string of the molecule is CCOC(=O)N1CCC(NC(=O)CCCOc2ccc(Cl)cc2)CC1. The lowest BCUT2D eigenvalue weighted by atomic mass is 10.1. The number of carbonyl (C=O) groups excluding carboxylic acids is 2. The number of halogens is 1. The number of amides is 2. The van der Waals surface area contributed by atoms with Gasteiger partial charge in [-0.3, -0.25) is 4.79 Å². The highest BCUT2D eigenvalue weighted by molar-refractivity contribution is 6.30. The Morgan fingerprint density at radius 1 is 1.24 bits per heavy atom. The highest BCUT2D eigenvalue weighted by atomic mass is 35.5. The van der Waals surface area contributed by atoms with Crippen molar-refractivity contribution in [2.45, 2.75) is 38.6 Å². The maximum Gasteiger partial charge on any atom is 0.409 e. The molecule has 1 aliphatic heterocycles. The zero-order valence-electron chi connectivity index (χ0n) is 14.5. The summed E-state index contributed by atoms with van der Waals surface area (Å²) < 4.78 is 10.6. The van der Waals surface area contributed by atoms with Crippen molar-refractivity contribution in [3.8, 4) is 5.75 Å². The average Bonchev–Trinajstić information content (AvgIpc) is 2.61. The molecule has 1 saturated heterocycles. The molecule has 1 aliphatic rings. The Bertz CT molecular complexity index is 557. The number of carbonyl (C=O) groups is 2. The molecule has 1 fully saturated rings. The third-order valence-electron chi connectivity index (χ3n) is 4.02. The molecule has 2 rings (SSSR count). The lowest BCUT2D eigenvalue weighted by Gasteiger charge is -2.31. The molecule has 2 amide bonds. The van der Waals surface area contributed by atoms with Gasteiger partial charge in [0.1, 0.15) is 5.75 Å². The van der Waals surface area contributed by atoms with Crippen molar-refractivity contribution in [3.63, 3.8) is 0 Å². The molecule has 1 aromatic carbocycles. The fraction of sp³-hybridized carbons (Fsp3) is 0.556. The highest BCUT2D eigenvalue weighted by Gasteiger charge is 2.24. The molecule has 0 bridgehead atoms. The number of hydrogen-bond acceptors (Lipinski definition) is 4. The first-order chi connectivity index (χ1) is 12.1. The standard InChI is InChI=1S/C18H25ClN2O4/c1-2-24-18(23)21-11-9-15(10-12-21)20-17(22)4-3-13-25-16-7-5-14(19)6-8-16/h5-8,15H,2-4,9-13H2,1H3,(H,20,22). The van der Waals surface area contributed by atoms with Crippen LogP contribution in [0.3, 0.4) is 0 Å². The Morgan fingerprint density at radius 2 is 1.92 bits per heavy atom. The first-order valence-electron chi connectivity index (χ1n) is 8.68. The summed E-state index contributed by atoms with van der Waals surface area (Å²) in [5, 5.41) is 3.69. The molecule has 0 radical (unpaired) electrons. The van der Waals surface area contributed by atoms with Gasteiger partial charge in [0.25, 0.3) is 0 Å². The van der Waals surface area contributed by atoms with Gasteiger partial charge in [0, 0.05) is 30.6 Å². The molecule has 0 aliphatic carbocycles. The third kappa shape index (κ3) is 6.82. The number of likely N-dealkylation sites (tertiary alicyclic amines) is 1. The van der Waals surface area contributed by atoms with Gasteiger partial charge in [-0.1, -0.05) is 11.6 Å². The predicted octanol–water partition coefficient (Wildman–Crippen LogP) is 3.24. The molecule has 1 heterocycles. The maximum absolute atomic E-state index is 12.0. The van der Waals surface area contributed by atoms with Crippen LogP contribution in [0.2, 0.25) is 5.02 Å². The van der Waals surface area contributed by atoms with Crippen LogP contribution in [-0.4, -0.2) is 49.2 Å². The second kappa shape index (κ2) is 10.1. The molecule has 0 saturated carbocycles. The van der Waals surface area contributed by atoms with E-state index in [2.05, 4.69) is 5.32 Å². The number of piperidine rings is 1. The quantitative estimate of drug-likeness (QED) is 0.750. The van der Waals surface area contributed by atoms with E-state index >= 15 is 0 Å². The van der Waals surface area contributed by atoms with Gasteiger partial charge >= 0.3 is 6.09 Å². The third-order valence-corrected chi connectivity index (χ3v) is 4.27. The zero-order chi connectivity index (χ0) is 18.1. The number of benzene rings is 1. The van der Waals surface area contributed by atoms with Gasteiger partial charge < -0.3 is 19.7 Å². The Kier molecular flexibility index (Phi) is 7.85. The minimum atomic E-state index is -0.272. The van der Waals surface area contributed by atoms with Crippen molar-refractivity contribution in [2.75, 3.05) is 26.3 Å². The molecule has 1 N–H and O–H groups in total. The van der Waals surface area contributed by atoms with Crippen molar-refractivity contribution < 1.29 is 19.1 Å². The summed E-state index contributed by atoms with van der Waals surface area (Å²) in [6.07, 6.45) is 2.31. The number of nitrogens with zero attached hydrogens (tertiary/aromatic N) is 1. The molecule has 0 atom stereocenters. The number of nitrogens with one attached hydrogen (secondary N) is 1. The molecule has 25 heavy (non-hydrogen) atoms. The van der Waals surface area contributed by atoms with Crippen LogP contribution in [0.5, 0.6) is 5.75 Å². The summed E-state index contributed by atoms with van der Waals surface area (Å²) in [5.41, 5.74) is 0. The van der Waals surface area contributed by atoms with Crippen LogP contribution in [0.1, 0.15) is 32.6 Å². The van der Waals surface area contributed by atoms with E-state index in [4.69, 9.17) is 21.1 Å². The highest BCUT2D eigenvalue weighted by Crippen LogP contribution is 2.16. The first-order valence-corrected chi connectivity index (χ1v) is 9.05. The number of rotatable bonds is 7. The summed E-state index contributed by atoms with van der Waals surface area (Å²) >= 11 is 5.81. The fourth-order valence-corrected chi connectivity index (χ4v) is 2.80. The van der Waals surface area contributed by atoms with E-state index < -0.39 is 0 Å². The van der Waals surface area contributed by atoms with Crippen LogP contribution in [0.25, 0.3) is 0 Å². The normalized spacial score (nSPS) is 14.9. The van der Waals surface area contributed by atoms with Crippen LogP contribution >= 0.6 is 11.6 Å². The van der Waals surface area contributed by atoms with Crippen molar-refractivity contribution in [3.05, 3.63) is 29.3 Å². The fourth-order valence-electron chi connectivity index (χ4n) is 2.67. The number of ether oxygens (including phenoxy) is 2. The van der Waals surface area contributed by atoms with Crippen molar-refractivity contribution >= 4 is 23.6 Å². The molecule has 0 unspecified atom stereocenters. The molecule has 138 valence electrons. The summed E-state index contributed by atoms with van der Waals surface area (Å²) in [6, 6.07) is 7.27. The molecular formula is C18H25ClN2O4. The van der Waals surface area contributed by atoms with E-state index in [0.29, 0.717) is 44.2 Å². The summed E-state index contributed by atoms with van der Waals surface area (Å²) in [6.45, 7) is 3.89. The molecular weight excluding hydrogens is 344 g/mol. The van der Waals surface area contributed by atoms with Crippen LogP contribution in [-0.2, 0) is 9.53 Å². The van der Waals surface area contributed by atoms with Crippen molar-refractivity contribution in [1.82, 2.24) is 10.2 Å². The van der Waals surface area contributed by atoms with E-state index in [1.165, 1.54) is 0 Å². The Balaban J connectivity index is 1.58.